The van der Waals surface area contributed by atoms with Gasteiger partial charge in [0.15, 0.2) is 0 Å². The molecular formula is C9H16N2O2. The topological polar surface area (TPSA) is 40.6 Å². The summed E-state index contributed by atoms with van der Waals surface area (Å²) in [5.41, 5.74) is 0. The molecule has 0 aromatic heterocycles. The lowest BCUT2D eigenvalue weighted by Crippen LogP contribution is -2.50. The molecule has 4 heteroatoms. The van der Waals surface area contributed by atoms with E-state index in [1.165, 1.54) is 4.90 Å². The molecule has 1 fully saturated rings. The Morgan fingerprint density at radius 3 is 2.15 bits per heavy atom. The second-order valence-electron chi connectivity index (χ2n) is 3.66. The summed E-state index contributed by atoms with van der Waals surface area (Å²) < 4.78 is 0. The van der Waals surface area contributed by atoms with E-state index in [9.17, 15) is 9.59 Å². The minimum Gasteiger partial charge on any atom is -0.335 e. The van der Waals surface area contributed by atoms with Crippen LogP contribution in [0.1, 0.15) is 20.3 Å². The SMILES string of the molecule is CC(C)N(C)C(=O)C(=O)N1CCC1. The highest BCUT2D eigenvalue weighted by Crippen LogP contribution is 2.07. The standard InChI is InChI=1S/C9H16N2O2/c1-7(2)10(3)8(12)9(13)11-5-4-6-11/h7H,4-6H2,1-3H3. The highest BCUT2D eigenvalue weighted by molar-refractivity contribution is 6.35. The largest absolute Gasteiger partial charge is 0.335 e. The van der Waals surface area contributed by atoms with Crippen LogP contribution in [0, 0.1) is 0 Å². The summed E-state index contributed by atoms with van der Waals surface area (Å²) in [6.45, 7) is 5.25. The molecule has 1 aliphatic rings. The average Bonchev–Trinajstić information content (AvgIpc) is 1.98. The predicted molar refractivity (Wildman–Crippen MR) is 49.1 cm³/mol. The van der Waals surface area contributed by atoms with E-state index < -0.39 is 5.91 Å². The molecule has 74 valence electrons. The van der Waals surface area contributed by atoms with Crippen molar-refractivity contribution in [3.8, 4) is 0 Å². The summed E-state index contributed by atoms with van der Waals surface area (Å²) in [4.78, 5) is 25.9. The van der Waals surface area contributed by atoms with Crippen LogP contribution in [0.25, 0.3) is 0 Å². The van der Waals surface area contributed by atoms with Crippen LogP contribution in [0.3, 0.4) is 0 Å². The summed E-state index contributed by atoms with van der Waals surface area (Å²) >= 11 is 0. The first-order valence-electron chi connectivity index (χ1n) is 4.60. The lowest BCUT2D eigenvalue weighted by molar-refractivity contribution is -0.154. The van der Waals surface area contributed by atoms with E-state index in [1.54, 1.807) is 11.9 Å². The highest BCUT2D eigenvalue weighted by Gasteiger charge is 2.29. The van der Waals surface area contributed by atoms with Gasteiger partial charge < -0.3 is 9.80 Å². The van der Waals surface area contributed by atoms with Gasteiger partial charge in [-0.1, -0.05) is 0 Å². The third-order valence-corrected chi connectivity index (χ3v) is 2.42. The quantitative estimate of drug-likeness (QED) is 0.542. The summed E-state index contributed by atoms with van der Waals surface area (Å²) in [6, 6.07) is 0.0812. The van der Waals surface area contributed by atoms with Crippen molar-refractivity contribution in [1.29, 1.82) is 0 Å². The van der Waals surface area contributed by atoms with E-state index in [2.05, 4.69) is 0 Å². The third kappa shape index (κ3) is 1.99. The zero-order chi connectivity index (χ0) is 10.0. The molecule has 0 atom stereocenters. The van der Waals surface area contributed by atoms with Crippen molar-refractivity contribution in [2.75, 3.05) is 20.1 Å². The van der Waals surface area contributed by atoms with Crippen LogP contribution >= 0.6 is 0 Å². The van der Waals surface area contributed by atoms with Gasteiger partial charge in [-0.05, 0) is 20.3 Å². The molecule has 0 radical (unpaired) electrons. The number of carbonyl (C=O) groups excluding carboxylic acids is 2. The van der Waals surface area contributed by atoms with Gasteiger partial charge >= 0.3 is 11.8 Å². The molecule has 0 unspecified atom stereocenters. The van der Waals surface area contributed by atoms with Crippen molar-refractivity contribution in [3.05, 3.63) is 0 Å². The third-order valence-electron chi connectivity index (χ3n) is 2.42. The Morgan fingerprint density at radius 2 is 1.85 bits per heavy atom. The van der Waals surface area contributed by atoms with Crippen molar-refractivity contribution in [1.82, 2.24) is 9.80 Å². The van der Waals surface area contributed by atoms with Gasteiger partial charge in [0.1, 0.15) is 0 Å². The van der Waals surface area contributed by atoms with Crippen molar-refractivity contribution < 1.29 is 9.59 Å². The van der Waals surface area contributed by atoms with E-state index in [1.807, 2.05) is 13.8 Å². The zero-order valence-electron chi connectivity index (χ0n) is 8.41. The smallest absolute Gasteiger partial charge is 0.312 e. The van der Waals surface area contributed by atoms with E-state index in [-0.39, 0.29) is 11.9 Å². The van der Waals surface area contributed by atoms with E-state index >= 15 is 0 Å². The summed E-state index contributed by atoms with van der Waals surface area (Å²) in [6.07, 6.45) is 1.02. The first-order valence-corrected chi connectivity index (χ1v) is 4.60. The van der Waals surface area contributed by atoms with Gasteiger partial charge in [0, 0.05) is 26.2 Å². The van der Waals surface area contributed by atoms with E-state index in [0.717, 1.165) is 19.5 Å². The second kappa shape index (κ2) is 3.77. The molecule has 0 spiro atoms. The van der Waals surface area contributed by atoms with Crippen LogP contribution in [-0.2, 0) is 9.59 Å². The molecule has 1 heterocycles. The fraction of sp³-hybridized carbons (Fsp3) is 0.778. The summed E-state index contributed by atoms with van der Waals surface area (Å²) in [5.74, 6) is -0.753. The molecule has 4 nitrogen and oxygen atoms in total. The van der Waals surface area contributed by atoms with Gasteiger partial charge in [-0.3, -0.25) is 9.59 Å². The van der Waals surface area contributed by atoms with Gasteiger partial charge in [-0.2, -0.15) is 0 Å². The number of amides is 2. The monoisotopic (exact) mass is 184 g/mol. The molecule has 0 aliphatic carbocycles. The van der Waals surface area contributed by atoms with Crippen molar-refractivity contribution in [2.24, 2.45) is 0 Å². The number of hydrogen-bond donors (Lipinski definition) is 0. The second-order valence-corrected chi connectivity index (χ2v) is 3.66. The Labute approximate surface area is 78.5 Å². The number of likely N-dealkylation sites (N-methyl/N-ethyl adjacent to an activating group) is 1. The lowest BCUT2D eigenvalue weighted by atomic mass is 10.2. The fourth-order valence-corrected chi connectivity index (χ4v) is 1.04. The van der Waals surface area contributed by atoms with Crippen LogP contribution < -0.4 is 0 Å². The Kier molecular flexibility index (Phi) is 2.90. The van der Waals surface area contributed by atoms with Gasteiger partial charge in [0.25, 0.3) is 0 Å². The van der Waals surface area contributed by atoms with Crippen LogP contribution in [0.15, 0.2) is 0 Å². The minimum absolute atomic E-state index is 0.0812. The maximum atomic E-state index is 11.5. The van der Waals surface area contributed by atoms with Gasteiger partial charge in [-0.25, -0.2) is 0 Å². The Morgan fingerprint density at radius 1 is 1.31 bits per heavy atom. The number of likely N-dealkylation sites (tertiary alicyclic amines) is 1. The normalized spacial score (nSPS) is 15.5. The fourth-order valence-electron chi connectivity index (χ4n) is 1.04. The van der Waals surface area contributed by atoms with Crippen molar-refractivity contribution in [2.45, 2.75) is 26.3 Å². The van der Waals surface area contributed by atoms with Gasteiger partial charge in [0.05, 0.1) is 0 Å². The molecule has 0 aromatic rings. The van der Waals surface area contributed by atoms with Crippen molar-refractivity contribution in [3.63, 3.8) is 0 Å². The molecule has 1 rings (SSSR count). The van der Waals surface area contributed by atoms with Gasteiger partial charge in [0.2, 0.25) is 0 Å². The first-order chi connectivity index (χ1) is 6.04. The van der Waals surface area contributed by atoms with E-state index in [4.69, 9.17) is 0 Å². The molecule has 0 saturated carbocycles. The molecule has 0 aromatic carbocycles. The molecule has 13 heavy (non-hydrogen) atoms. The van der Waals surface area contributed by atoms with Crippen molar-refractivity contribution >= 4 is 11.8 Å². The van der Waals surface area contributed by atoms with Crippen LogP contribution in [0.2, 0.25) is 0 Å². The number of carbonyl (C=O) groups is 2. The predicted octanol–water partition coefficient (Wildman–Crippen LogP) is 0.0855. The number of rotatable bonds is 1. The molecule has 0 bridgehead atoms. The maximum absolute atomic E-state index is 11.5. The van der Waals surface area contributed by atoms with Crippen LogP contribution in [-0.4, -0.2) is 47.8 Å². The van der Waals surface area contributed by atoms with Crippen LogP contribution in [0.4, 0.5) is 0 Å². The lowest BCUT2D eigenvalue weighted by Gasteiger charge is -2.32. The number of hydrogen-bond acceptors (Lipinski definition) is 2. The summed E-state index contributed by atoms with van der Waals surface area (Å²) in [5, 5.41) is 0. The summed E-state index contributed by atoms with van der Waals surface area (Å²) in [7, 11) is 1.66. The Bertz CT molecular complexity index is 222. The minimum atomic E-state index is -0.394. The molecule has 1 saturated heterocycles. The average molecular weight is 184 g/mol. The number of nitrogens with zero attached hydrogens (tertiary/aromatic N) is 2. The van der Waals surface area contributed by atoms with Gasteiger partial charge in [-0.15, -0.1) is 0 Å². The molecule has 0 N–H and O–H groups in total. The Balaban J connectivity index is 2.50. The Hall–Kier alpha value is -1.06. The highest BCUT2D eigenvalue weighted by atomic mass is 16.2. The first kappa shape index (κ1) is 10.0. The van der Waals surface area contributed by atoms with E-state index in [0.29, 0.717) is 0 Å². The molecule has 2 amide bonds. The van der Waals surface area contributed by atoms with Crippen LogP contribution in [0.5, 0.6) is 0 Å². The molecular weight excluding hydrogens is 168 g/mol. The zero-order valence-corrected chi connectivity index (χ0v) is 8.41. The molecule has 1 aliphatic heterocycles. The maximum Gasteiger partial charge on any atom is 0.312 e.